The van der Waals surface area contributed by atoms with E-state index in [4.69, 9.17) is 10.2 Å². The lowest BCUT2D eigenvalue weighted by Crippen LogP contribution is -2.48. The molecule has 1 aliphatic heterocycles. The number of nitrogens with zero attached hydrogens (tertiary/aromatic N) is 2. The Balaban J connectivity index is 2.05. The first-order valence-corrected chi connectivity index (χ1v) is 7.85. The molecule has 0 radical (unpaired) electrons. The molecule has 6 heteroatoms. The number of hydrogen-bond donors (Lipinski definition) is 1. The van der Waals surface area contributed by atoms with E-state index in [0.717, 1.165) is 47.6 Å². The number of rotatable bonds is 4. The van der Waals surface area contributed by atoms with Gasteiger partial charge in [-0.25, -0.2) is 0 Å². The maximum Gasteiger partial charge on any atom is 0.183 e. The Hall–Kier alpha value is 0.120. The molecule has 0 aromatic carbocycles. The number of halogens is 2. The highest BCUT2D eigenvalue weighted by Crippen LogP contribution is 2.32. The molecular formula is C12H19Br2N3O. The summed E-state index contributed by atoms with van der Waals surface area (Å²) in [5, 5.41) is 0. The van der Waals surface area contributed by atoms with Gasteiger partial charge in [-0.3, -0.25) is 4.90 Å². The lowest BCUT2D eigenvalue weighted by Gasteiger charge is -2.37. The number of likely N-dealkylation sites (N-methyl/N-ethyl adjacent to an activating group) is 1. The first-order chi connectivity index (χ1) is 8.65. The fourth-order valence-electron chi connectivity index (χ4n) is 2.36. The van der Waals surface area contributed by atoms with Crippen molar-refractivity contribution in [2.24, 2.45) is 5.73 Å². The van der Waals surface area contributed by atoms with Crippen LogP contribution in [0.5, 0.6) is 0 Å². The number of nitrogens with two attached hydrogens (primary N) is 1. The molecule has 1 atom stereocenters. The van der Waals surface area contributed by atoms with Gasteiger partial charge in [-0.1, -0.05) is 6.92 Å². The van der Waals surface area contributed by atoms with Crippen molar-refractivity contribution in [1.29, 1.82) is 0 Å². The van der Waals surface area contributed by atoms with Gasteiger partial charge in [0.2, 0.25) is 0 Å². The zero-order valence-electron chi connectivity index (χ0n) is 10.5. The standard InChI is InChI=1S/C12H19Br2N3O/c1-2-16-3-5-17(6-4-16)10(8-15)11-7-9(13)12(14)18-11/h7,10H,2-6,8,15H2,1H3. The van der Waals surface area contributed by atoms with Crippen LogP contribution in [0.15, 0.2) is 19.6 Å². The van der Waals surface area contributed by atoms with Crippen molar-refractivity contribution >= 4 is 31.9 Å². The Bertz CT molecular complexity index is 369. The fraction of sp³-hybridized carbons (Fsp3) is 0.667. The summed E-state index contributed by atoms with van der Waals surface area (Å²) in [6.45, 7) is 8.22. The first kappa shape index (κ1) is 14.5. The maximum absolute atomic E-state index is 5.92. The lowest BCUT2D eigenvalue weighted by atomic mass is 10.1. The van der Waals surface area contributed by atoms with Gasteiger partial charge in [-0.05, 0) is 44.5 Å². The van der Waals surface area contributed by atoms with Crippen LogP contribution in [0.4, 0.5) is 0 Å². The minimum atomic E-state index is 0.173. The monoisotopic (exact) mass is 379 g/mol. The highest BCUT2D eigenvalue weighted by Gasteiger charge is 2.26. The van der Waals surface area contributed by atoms with Gasteiger partial charge >= 0.3 is 0 Å². The van der Waals surface area contributed by atoms with Crippen LogP contribution in [0.2, 0.25) is 0 Å². The predicted molar refractivity (Wildman–Crippen MR) is 79.6 cm³/mol. The van der Waals surface area contributed by atoms with E-state index >= 15 is 0 Å². The summed E-state index contributed by atoms with van der Waals surface area (Å²) in [4.78, 5) is 4.86. The SMILES string of the molecule is CCN1CCN(C(CN)c2cc(Br)c(Br)o2)CC1. The molecule has 1 fully saturated rings. The predicted octanol–water partition coefficient (Wildman–Crippen LogP) is 2.44. The van der Waals surface area contributed by atoms with Crippen molar-refractivity contribution < 1.29 is 4.42 Å². The fourth-order valence-corrected chi connectivity index (χ4v) is 2.97. The Morgan fingerprint density at radius 1 is 1.33 bits per heavy atom. The third kappa shape index (κ3) is 3.17. The van der Waals surface area contributed by atoms with Crippen LogP contribution in [0.1, 0.15) is 18.7 Å². The molecule has 4 nitrogen and oxygen atoms in total. The second kappa shape index (κ2) is 6.52. The van der Waals surface area contributed by atoms with E-state index in [1.807, 2.05) is 6.07 Å². The summed E-state index contributed by atoms with van der Waals surface area (Å²) in [7, 11) is 0. The zero-order valence-corrected chi connectivity index (χ0v) is 13.7. The van der Waals surface area contributed by atoms with Crippen molar-refractivity contribution in [3.05, 3.63) is 21.0 Å². The number of furan rings is 1. The maximum atomic E-state index is 5.92. The van der Waals surface area contributed by atoms with E-state index in [0.29, 0.717) is 6.54 Å². The minimum absolute atomic E-state index is 0.173. The van der Waals surface area contributed by atoms with Crippen LogP contribution in [-0.2, 0) is 0 Å². The molecular weight excluding hydrogens is 362 g/mol. The Morgan fingerprint density at radius 2 is 2.00 bits per heavy atom. The molecule has 2 rings (SSSR count). The summed E-state index contributed by atoms with van der Waals surface area (Å²) < 4.78 is 7.39. The quantitative estimate of drug-likeness (QED) is 0.871. The Kier molecular flexibility index (Phi) is 5.26. The van der Waals surface area contributed by atoms with E-state index in [2.05, 4.69) is 48.6 Å². The average Bonchev–Trinajstić information content (AvgIpc) is 2.71. The molecule has 1 unspecified atom stereocenters. The molecule has 2 N–H and O–H groups in total. The highest BCUT2D eigenvalue weighted by molar-refractivity contribution is 9.13. The van der Waals surface area contributed by atoms with Gasteiger partial charge < -0.3 is 15.1 Å². The normalized spacial score (nSPS) is 20.2. The molecule has 0 bridgehead atoms. The Labute approximate surface area is 125 Å². The lowest BCUT2D eigenvalue weighted by molar-refractivity contribution is 0.0922. The van der Waals surface area contributed by atoms with Gasteiger partial charge in [0.05, 0.1) is 10.5 Å². The van der Waals surface area contributed by atoms with Crippen LogP contribution in [0, 0.1) is 0 Å². The van der Waals surface area contributed by atoms with Gasteiger partial charge in [-0.2, -0.15) is 0 Å². The molecule has 0 aliphatic carbocycles. The van der Waals surface area contributed by atoms with Gasteiger partial charge in [-0.15, -0.1) is 0 Å². The molecule has 18 heavy (non-hydrogen) atoms. The zero-order chi connectivity index (χ0) is 13.1. The molecule has 1 aromatic heterocycles. The number of hydrogen-bond acceptors (Lipinski definition) is 4. The Morgan fingerprint density at radius 3 is 2.44 bits per heavy atom. The van der Waals surface area contributed by atoms with Crippen molar-refractivity contribution in [2.75, 3.05) is 39.3 Å². The average molecular weight is 381 g/mol. The summed E-state index contributed by atoms with van der Waals surface area (Å²) in [5.74, 6) is 0.932. The first-order valence-electron chi connectivity index (χ1n) is 6.27. The summed E-state index contributed by atoms with van der Waals surface area (Å²) >= 11 is 6.83. The van der Waals surface area contributed by atoms with E-state index < -0.39 is 0 Å². The van der Waals surface area contributed by atoms with Gasteiger partial charge in [0.15, 0.2) is 4.67 Å². The molecule has 0 saturated carbocycles. The summed E-state index contributed by atoms with van der Waals surface area (Å²) in [6, 6.07) is 2.18. The van der Waals surface area contributed by atoms with E-state index in [9.17, 15) is 0 Å². The largest absolute Gasteiger partial charge is 0.451 e. The minimum Gasteiger partial charge on any atom is -0.451 e. The van der Waals surface area contributed by atoms with Crippen LogP contribution < -0.4 is 5.73 Å². The van der Waals surface area contributed by atoms with Crippen molar-refractivity contribution in [2.45, 2.75) is 13.0 Å². The van der Waals surface area contributed by atoms with Gasteiger partial charge in [0.25, 0.3) is 0 Å². The smallest absolute Gasteiger partial charge is 0.183 e. The van der Waals surface area contributed by atoms with Crippen molar-refractivity contribution in [3.63, 3.8) is 0 Å². The van der Waals surface area contributed by atoms with Crippen molar-refractivity contribution in [1.82, 2.24) is 9.80 Å². The molecule has 1 saturated heterocycles. The second-order valence-electron chi connectivity index (χ2n) is 4.49. The van der Waals surface area contributed by atoms with Gasteiger partial charge in [0, 0.05) is 32.7 Å². The number of piperazine rings is 1. The molecule has 0 amide bonds. The molecule has 102 valence electrons. The molecule has 2 heterocycles. The van der Waals surface area contributed by atoms with E-state index in [1.54, 1.807) is 0 Å². The van der Waals surface area contributed by atoms with Gasteiger partial charge in [0.1, 0.15) is 5.76 Å². The highest BCUT2D eigenvalue weighted by atomic mass is 79.9. The molecule has 1 aromatic rings. The van der Waals surface area contributed by atoms with Crippen LogP contribution in [0.25, 0.3) is 0 Å². The van der Waals surface area contributed by atoms with E-state index in [1.165, 1.54) is 0 Å². The third-order valence-electron chi connectivity index (χ3n) is 3.51. The second-order valence-corrected chi connectivity index (χ2v) is 6.07. The van der Waals surface area contributed by atoms with E-state index in [-0.39, 0.29) is 6.04 Å². The molecule has 0 spiro atoms. The summed E-state index contributed by atoms with van der Waals surface area (Å²) in [5.41, 5.74) is 5.92. The third-order valence-corrected chi connectivity index (χ3v) is 5.22. The topological polar surface area (TPSA) is 45.6 Å². The summed E-state index contributed by atoms with van der Waals surface area (Å²) in [6.07, 6.45) is 0. The van der Waals surface area contributed by atoms with Crippen LogP contribution in [0.3, 0.4) is 0 Å². The van der Waals surface area contributed by atoms with Crippen LogP contribution >= 0.6 is 31.9 Å². The molecule has 1 aliphatic rings. The van der Waals surface area contributed by atoms with Crippen molar-refractivity contribution in [3.8, 4) is 0 Å². The van der Waals surface area contributed by atoms with Crippen LogP contribution in [-0.4, -0.2) is 49.1 Å².